The van der Waals surface area contributed by atoms with Crippen molar-refractivity contribution in [1.29, 1.82) is 10.8 Å². The predicted octanol–water partition coefficient (Wildman–Crippen LogP) is 9.55. The number of hydrogen-bond acceptors (Lipinski definition) is 4. The van der Waals surface area contributed by atoms with E-state index in [0.717, 1.165) is 33.8 Å². The molecule has 1 heterocycles. The summed E-state index contributed by atoms with van der Waals surface area (Å²) in [6.45, 7) is 4.51. The summed E-state index contributed by atoms with van der Waals surface area (Å²) in [5.74, 6) is 2.83. The van der Waals surface area contributed by atoms with Crippen LogP contribution in [0.4, 0.5) is 0 Å². The van der Waals surface area contributed by atoms with Crippen LogP contribution in [0, 0.1) is 10.8 Å². The molecule has 0 aromatic heterocycles. The molecule has 1 aliphatic heterocycles. The molecule has 0 saturated carbocycles. The fourth-order valence-corrected chi connectivity index (χ4v) is 5.78. The van der Waals surface area contributed by atoms with E-state index in [9.17, 15) is 0 Å². The van der Waals surface area contributed by atoms with Crippen molar-refractivity contribution in [3.05, 3.63) is 144 Å². The zero-order valence-electron chi connectivity index (χ0n) is 22.9. The van der Waals surface area contributed by atoms with Gasteiger partial charge in [-0.2, -0.15) is 0 Å². The molecular formula is C37H28N2O2. The second kappa shape index (κ2) is 9.46. The molecule has 0 bridgehead atoms. The normalized spacial score (nSPS) is 13.8. The van der Waals surface area contributed by atoms with Gasteiger partial charge >= 0.3 is 0 Å². The molecule has 2 N–H and O–H groups in total. The highest BCUT2D eigenvalue weighted by Gasteiger charge is 2.37. The van der Waals surface area contributed by atoms with Crippen molar-refractivity contribution >= 4 is 11.4 Å². The zero-order valence-corrected chi connectivity index (χ0v) is 22.9. The number of hydrogen-bond donors (Lipinski definition) is 2. The van der Waals surface area contributed by atoms with Crippen molar-refractivity contribution in [2.24, 2.45) is 0 Å². The molecule has 2 aliphatic rings. The maximum absolute atomic E-state index is 8.46. The van der Waals surface area contributed by atoms with Gasteiger partial charge in [0.1, 0.15) is 0 Å². The minimum atomic E-state index is -0.101. The van der Waals surface area contributed by atoms with Crippen molar-refractivity contribution in [2.75, 3.05) is 0 Å². The van der Waals surface area contributed by atoms with Gasteiger partial charge in [-0.15, -0.1) is 0 Å². The van der Waals surface area contributed by atoms with E-state index >= 15 is 0 Å². The third-order valence-electron chi connectivity index (χ3n) is 8.06. The molecule has 0 atom stereocenters. The molecule has 5 aromatic carbocycles. The number of fused-ring (bicyclic) bond motifs is 5. The van der Waals surface area contributed by atoms with E-state index < -0.39 is 0 Å². The van der Waals surface area contributed by atoms with E-state index in [0.29, 0.717) is 22.9 Å². The first-order chi connectivity index (χ1) is 19.9. The van der Waals surface area contributed by atoms with Crippen LogP contribution in [0.3, 0.4) is 0 Å². The summed E-state index contributed by atoms with van der Waals surface area (Å²) in [5.41, 5.74) is 9.27. The molecular weight excluding hydrogens is 504 g/mol. The highest BCUT2D eigenvalue weighted by Crippen LogP contribution is 2.55. The van der Waals surface area contributed by atoms with Crippen LogP contribution in [0.1, 0.15) is 36.1 Å². The van der Waals surface area contributed by atoms with Crippen molar-refractivity contribution in [2.45, 2.75) is 19.3 Å². The first-order valence-electron chi connectivity index (χ1n) is 13.7. The standard InChI is InChI=1S/C37H28N2O2/c1-37(2)29-11-7-6-10-27(29)28-21-35-36(22-30(28)37)40-33-19-16-26(20-34(33)41-35)23-12-14-25(15-13-23)32(39)18-17-31(38)24-8-4-3-5-9-24/h3-22,38-39H,1-2H3/b18-17-,38-31?,39-32?. The monoisotopic (exact) mass is 532 g/mol. The molecule has 0 spiro atoms. The summed E-state index contributed by atoms with van der Waals surface area (Å²) in [5, 5.41) is 16.7. The third kappa shape index (κ3) is 4.25. The van der Waals surface area contributed by atoms with Crippen molar-refractivity contribution in [3.8, 4) is 45.3 Å². The second-order valence-electron chi connectivity index (χ2n) is 11.0. The van der Waals surface area contributed by atoms with E-state index in [-0.39, 0.29) is 5.41 Å². The largest absolute Gasteiger partial charge is 0.450 e. The Hall–Kier alpha value is -5.22. The van der Waals surface area contributed by atoms with Gasteiger partial charge in [0.15, 0.2) is 23.0 Å². The quantitative estimate of drug-likeness (QED) is 0.217. The third-order valence-corrected chi connectivity index (χ3v) is 8.06. The zero-order chi connectivity index (χ0) is 28.1. The first kappa shape index (κ1) is 24.8. The number of rotatable bonds is 5. The molecule has 0 unspecified atom stereocenters. The van der Waals surface area contributed by atoms with Gasteiger partial charge in [0.05, 0.1) is 11.4 Å². The Labute approximate surface area is 239 Å². The van der Waals surface area contributed by atoms with Gasteiger partial charge in [0.2, 0.25) is 0 Å². The van der Waals surface area contributed by atoms with E-state index in [1.807, 2.05) is 72.8 Å². The highest BCUT2D eigenvalue weighted by molar-refractivity contribution is 6.13. The van der Waals surface area contributed by atoms with E-state index in [1.165, 1.54) is 22.3 Å². The Morgan fingerprint density at radius 3 is 1.88 bits per heavy atom. The lowest BCUT2D eigenvalue weighted by Gasteiger charge is -2.25. The fraction of sp³-hybridized carbons (Fsp3) is 0.0811. The van der Waals surface area contributed by atoms with Crippen molar-refractivity contribution in [1.82, 2.24) is 0 Å². The summed E-state index contributed by atoms with van der Waals surface area (Å²) in [4.78, 5) is 0. The molecule has 5 aromatic rings. The molecule has 7 rings (SSSR count). The predicted molar refractivity (Wildman–Crippen MR) is 165 cm³/mol. The van der Waals surface area contributed by atoms with Gasteiger partial charge in [-0.25, -0.2) is 0 Å². The summed E-state index contributed by atoms with van der Waals surface area (Å²) < 4.78 is 12.7. The van der Waals surface area contributed by atoms with Crippen LogP contribution in [0.5, 0.6) is 23.0 Å². The van der Waals surface area contributed by atoms with Crippen LogP contribution >= 0.6 is 0 Å². The van der Waals surface area contributed by atoms with Crippen LogP contribution in [-0.2, 0) is 5.41 Å². The summed E-state index contributed by atoms with van der Waals surface area (Å²) in [7, 11) is 0. The average molecular weight is 533 g/mol. The van der Waals surface area contributed by atoms with E-state index in [2.05, 4.69) is 50.2 Å². The molecule has 198 valence electrons. The molecule has 0 fully saturated rings. The SMILES string of the molecule is CC1(C)c2ccccc2-c2cc3c(cc21)Oc1ccc(-c2ccc(C(=N)/C=C\C(=N)c4ccccc4)cc2)cc1O3. The molecule has 0 saturated heterocycles. The number of ether oxygens (including phenoxy) is 2. The van der Waals surface area contributed by atoms with Crippen molar-refractivity contribution in [3.63, 3.8) is 0 Å². The summed E-state index contributed by atoms with van der Waals surface area (Å²) in [6.07, 6.45) is 3.33. The number of allylic oxidation sites excluding steroid dienone is 2. The van der Waals surface area contributed by atoms with Gasteiger partial charge in [-0.3, -0.25) is 0 Å². The van der Waals surface area contributed by atoms with Gasteiger partial charge in [-0.05, 0) is 80.9 Å². The maximum Gasteiger partial charge on any atom is 0.170 e. The molecule has 0 amide bonds. The summed E-state index contributed by atoms with van der Waals surface area (Å²) >= 11 is 0. The Morgan fingerprint density at radius 2 is 1.12 bits per heavy atom. The molecule has 1 aliphatic carbocycles. The van der Waals surface area contributed by atoms with Gasteiger partial charge in [0.25, 0.3) is 0 Å². The van der Waals surface area contributed by atoms with E-state index in [1.54, 1.807) is 12.2 Å². The van der Waals surface area contributed by atoms with E-state index in [4.69, 9.17) is 20.3 Å². The maximum atomic E-state index is 8.46. The highest BCUT2D eigenvalue weighted by atomic mass is 16.6. The molecule has 41 heavy (non-hydrogen) atoms. The van der Waals surface area contributed by atoms with Crippen LogP contribution in [0.2, 0.25) is 0 Å². The van der Waals surface area contributed by atoms with Crippen LogP contribution in [0.25, 0.3) is 22.3 Å². The number of nitrogens with one attached hydrogen (secondary N) is 2. The topological polar surface area (TPSA) is 66.2 Å². The number of benzene rings is 5. The smallest absolute Gasteiger partial charge is 0.170 e. The van der Waals surface area contributed by atoms with Crippen LogP contribution < -0.4 is 9.47 Å². The molecule has 0 radical (unpaired) electrons. The minimum Gasteiger partial charge on any atom is -0.450 e. The Morgan fingerprint density at radius 1 is 0.537 bits per heavy atom. The van der Waals surface area contributed by atoms with Crippen LogP contribution in [-0.4, -0.2) is 11.4 Å². The lowest BCUT2D eigenvalue weighted by atomic mass is 9.82. The van der Waals surface area contributed by atoms with Gasteiger partial charge in [0, 0.05) is 5.41 Å². The average Bonchev–Trinajstić information content (AvgIpc) is 3.23. The second-order valence-corrected chi connectivity index (χ2v) is 11.0. The lowest BCUT2D eigenvalue weighted by Crippen LogP contribution is -2.15. The molecule has 4 heteroatoms. The Bertz CT molecular complexity index is 1880. The van der Waals surface area contributed by atoms with Gasteiger partial charge < -0.3 is 20.3 Å². The fourth-order valence-electron chi connectivity index (χ4n) is 5.78. The van der Waals surface area contributed by atoms with Crippen molar-refractivity contribution < 1.29 is 9.47 Å². The van der Waals surface area contributed by atoms with Crippen LogP contribution in [0.15, 0.2) is 121 Å². The van der Waals surface area contributed by atoms with Gasteiger partial charge in [-0.1, -0.05) is 98.8 Å². The Kier molecular flexibility index (Phi) is 5.72. The first-order valence-corrected chi connectivity index (χ1v) is 13.7. The summed E-state index contributed by atoms with van der Waals surface area (Å²) in [6, 6.07) is 36.2. The minimum absolute atomic E-state index is 0.101. The lowest BCUT2D eigenvalue weighted by molar-refractivity contribution is 0.359. The Balaban J connectivity index is 1.12. The molecule has 4 nitrogen and oxygen atoms in total.